The van der Waals surface area contributed by atoms with Crippen molar-refractivity contribution in [3.8, 4) is 5.75 Å². The fraction of sp³-hybridized carbons (Fsp3) is 0.400. The normalized spacial score (nSPS) is 10.9. The van der Waals surface area contributed by atoms with Gasteiger partial charge in [-0.15, -0.1) is 0 Å². The minimum atomic E-state index is -5.32. The van der Waals surface area contributed by atoms with Crippen LogP contribution in [0.5, 0.6) is 5.75 Å². The third kappa shape index (κ3) is 6.03. The molecule has 96 valence electrons. The van der Waals surface area contributed by atoms with E-state index in [0.29, 0.717) is 19.3 Å². The fourth-order valence-corrected chi connectivity index (χ4v) is 1.23. The molecule has 0 atom stereocenters. The summed E-state index contributed by atoms with van der Waals surface area (Å²) in [5.41, 5.74) is -1.23. The third-order valence-corrected chi connectivity index (χ3v) is 2.03. The molecule has 0 saturated carbocycles. The molecule has 2 nitrogen and oxygen atoms in total. The van der Waals surface area contributed by atoms with Crippen molar-refractivity contribution in [1.29, 1.82) is 0 Å². The van der Waals surface area contributed by atoms with E-state index >= 15 is 0 Å². The molecule has 0 aliphatic rings. The van der Waals surface area contributed by atoms with Crippen LogP contribution < -0.4 is 61.6 Å². The van der Waals surface area contributed by atoms with Gasteiger partial charge in [-0.3, -0.25) is 0 Å². The van der Waals surface area contributed by atoms with E-state index in [1.54, 1.807) is 6.92 Å². The van der Waals surface area contributed by atoms with Gasteiger partial charge in [0.2, 0.25) is 0 Å². The molecular weight excluding hydrogens is 278 g/mol. The first-order valence-corrected chi connectivity index (χ1v) is 5.15. The molecule has 0 radical (unpaired) electrons. The van der Waals surface area contributed by atoms with Crippen molar-refractivity contribution < 1.29 is 78.2 Å². The fourth-order valence-electron chi connectivity index (χ4n) is 1.23. The summed E-state index contributed by atoms with van der Waals surface area (Å²) in [6.45, 7) is -2.52. The predicted molar refractivity (Wildman–Crippen MR) is 57.1 cm³/mol. The van der Waals surface area contributed by atoms with Gasteiger partial charge >= 0.3 is 58.4 Å². The summed E-state index contributed by atoms with van der Waals surface area (Å²) in [6.07, 6.45) is 0. The van der Waals surface area contributed by atoms with E-state index in [1.165, 1.54) is 0 Å². The predicted octanol–water partition coefficient (Wildman–Crippen LogP) is -0.701. The molecule has 0 spiro atoms. The number of hydrogen-bond donors (Lipinski definition) is 0. The number of rotatable bonds is 6. The molecule has 0 heterocycles. The van der Waals surface area contributed by atoms with Crippen molar-refractivity contribution in [3.05, 3.63) is 24.0 Å². The number of halogens is 4. The van der Waals surface area contributed by atoms with E-state index in [0.717, 1.165) is 12.1 Å². The van der Waals surface area contributed by atoms with E-state index < -0.39 is 18.3 Å². The number of ether oxygens (including phenoxy) is 2. The molecule has 1 aromatic rings. The second kappa shape index (κ2) is 8.55. The minimum absolute atomic E-state index is 0. The summed E-state index contributed by atoms with van der Waals surface area (Å²) < 4.78 is 60.0. The molecule has 8 heteroatoms. The molecule has 0 amide bonds. The van der Waals surface area contributed by atoms with Crippen LogP contribution in [0.2, 0.25) is 0 Å². The van der Waals surface area contributed by atoms with Crippen LogP contribution in [0.25, 0.3) is 0 Å². The summed E-state index contributed by atoms with van der Waals surface area (Å²) in [5, 5.41) is 0. The Balaban J connectivity index is 0.00000289. The van der Waals surface area contributed by atoms with Gasteiger partial charge in [-0.05, 0) is 13.0 Å². The van der Waals surface area contributed by atoms with Gasteiger partial charge in [0.25, 0.3) is 0 Å². The summed E-state index contributed by atoms with van der Waals surface area (Å²) in [6, 6.07) is 2.52. The zero-order valence-electron chi connectivity index (χ0n) is 10.3. The Kier molecular flexibility index (Phi) is 8.74. The Bertz CT molecular complexity index is 373. The number of benzene rings is 1. The molecule has 0 aromatic heterocycles. The number of hydrogen-bond acceptors (Lipinski definition) is 2. The smallest absolute Gasteiger partial charge is 0.491 e. The van der Waals surface area contributed by atoms with Gasteiger partial charge in [-0.25, -0.2) is 4.39 Å². The Morgan fingerprint density at radius 3 is 2.33 bits per heavy atom. The monoisotopic (exact) mass is 290 g/mol. The molecule has 1 aromatic carbocycles. The van der Waals surface area contributed by atoms with Crippen molar-refractivity contribution in [2.75, 3.05) is 19.8 Å². The molecule has 1 rings (SSSR count). The molecule has 0 unspecified atom stereocenters. The Labute approximate surface area is 146 Å². The molecule has 0 aliphatic heterocycles. The first-order valence-electron chi connectivity index (χ1n) is 5.15. The van der Waals surface area contributed by atoms with Gasteiger partial charge in [0.15, 0.2) is 0 Å². The summed E-state index contributed by atoms with van der Waals surface area (Å²) in [7, 11) is 0. The van der Waals surface area contributed by atoms with Crippen molar-refractivity contribution in [1.82, 2.24) is 0 Å². The molecule has 0 bridgehead atoms. The molecule has 18 heavy (non-hydrogen) atoms. The third-order valence-electron chi connectivity index (χ3n) is 2.03. The maximum Gasteiger partial charge on any atom is 1.00 e. The van der Waals surface area contributed by atoms with Crippen molar-refractivity contribution in [2.45, 2.75) is 6.92 Å². The quantitative estimate of drug-likeness (QED) is 0.392. The van der Waals surface area contributed by atoms with Crippen LogP contribution in [0, 0.1) is 5.82 Å². The summed E-state index contributed by atoms with van der Waals surface area (Å²) >= 11 is 0. The van der Waals surface area contributed by atoms with Crippen molar-refractivity contribution in [3.63, 3.8) is 0 Å². The van der Waals surface area contributed by atoms with Gasteiger partial charge in [-0.2, -0.15) is 0 Å². The second-order valence-electron chi connectivity index (χ2n) is 3.30. The average Bonchev–Trinajstić information content (AvgIpc) is 2.23. The van der Waals surface area contributed by atoms with Crippen LogP contribution in [0.3, 0.4) is 0 Å². The van der Waals surface area contributed by atoms with Crippen LogP contribution in [0.15, 0.2) is 18.2 Å². The van der Waals surface area contributed by atoms with E-state index in [4.69, 9.17) is 9.47 Å². The summed E-state index contributed by atoms with van der Waals surface area (Å²) in [4.78, 5) is 0. The van der Waals surface area contributed by atoms with Crippen LogP contribution in [-0.2, 0) is 4.74 Å². The first kappa shape index (κ1) is 18.4. The molecular formula is C10H12BF4KO2. The molecule has 0 saturated heterocycles. The Hall–Kier alpha value is 0.401. The average molecular weight is 290 g/mol. The minimum Gasteiger partial charge on any atom is -0.491 e. The van der Waals surface area contributed by atoms with Crippen LogP contribution >= 0.6 is 0 Å². The van der Waals surface area contributed by atoms with Gasteiger partial charge in [0.05, 0.1) is 12.4 Å². The Morgan fingerprint density at radius 2 is 1.83 bits per heavy atom. The second-order valence-corrected chi connectivity index (χ2v) is 3.30. The SMILES string of the molecule is CCOCCOc1ccc([B-](F)(F)F)c(F)c1.[K+]. The van der Waals surface area contributed by atoms with Gasteiger partial charge in [0, 0.05) is 12.7 Å². The zero-order valence-corrected chi connectivity index (χ0v) is 13.4. The zero-order chi connectivity index (χ0) is 12.9. The largest absolute Gasteiger partial charge is 1.00 e. The maximum absolute atomic E-state index is 13.1. The maximum atomic E-state index is 13.1. The van der Waals surface area contributed by atoms with E-state index in [9.17, 15) is 17.3 Å². The van der Waals surface area contributed by atoms with Gasteiger partial charge < -0.3 is 22.4 Å². The Morgan fingerprint density at radius 1 is 1.17 bits per heavy atom. The summed E-state index contributed by atoms with van der Waals surface area (Å²) in [5.74, 6) is -1.25. The van der Waals surface area contributed by atoms with Crippen molar-refractivity contribution >= 4 is 12.4 Å². The first-order chi connectivity index (χ1) is 7.95. The molecule has 0 fully saturated rings. The van der Waals surface area contributed by atoms with Crippen LogP contribution in [0.1, 0.15) is 6.92 Å². The van der Waals surface area contributed by atoms with E-state index in [1.807, 2.05) is 0 Å². The van der Waals surface area contributed by atoms with Crippen LogP contribution in [0.4, 0.5) is 17.3 Å². The van der Waals surface area contributed by atoms with Gasteiger partial charge in [-0.1, -0.05) is 11.5 Å². The van der Waals surface area contributed by atoms with Crippen molar-refractivity contribution in [2.24, 2.45) is 0 Å². The topological polar surface area (TPSA) is 18.5 Å². The van der Waals surface area contributed by atoms with Gasteiger partial charge in [0.1, 0.15) is 12.4 Å². The van der Waals surface area contributed by atoms with E-state index in [-0.39, 0.29) is 63.7 Å². The standard InChI is InChI=1S/C10H12BF4O2.K/c1-2-16-5-6-17-8-3-4-9(10(12)7-8)11(13,14)15;/h3-4,7H,2,5-6H2,1H3;/q-1;+1. The molecule has 0 N–H and O–H groups in total. The molecule has 0 aliphatic carbocycles. The van der Waals surface area contributed by atoms with Crippen LogP contribution in [-0.4, -0.2) is 26.8 Å². The van der Waals surface area contributed by atoms with E-state index in [2.05, 4.69) is 0 Å².